The van der Waals surface area contributed by atoms with Crippen LogP contribution in [0.25, 0.3) is 0 Å². The summed E-state index contributed by atoms with van der Waals surface area (Å²) < 4.78 is 14.3. The largest absolute Gasteiger partial charge is 0.371 e. The van der Waals surface area contributed by atoms with Gasteiger partial charge in [-0.2, -0.15) is 0 Å². The first-order chi connectivity index (χ1) is 11.7. The molecule has 0 amide bonds. The van der Waals surface area contributed by atoms with E-state index in [4.69, 9.17) is 9.47 Å². The smallest absolute Gasteiger partial charge is 0.122 e. The summed E-state index contributed by atoms with van der Waals surface area (Å²) in [5, 5.41) is 0. The molecule has 128 valence electrons. The number of hydrogen-bond donors (Lipinski definition) is 0. The van der Waals surface area contributed by atoms with Crippen LogP contribution in [0.1, 0.15) is 24.2 Å². The Morgan fingerprint density at radius 1 is 1.42 bits per heavy atom. The van der Waals surface area contributed by atoms with Crippen LogP contribution in [-0.2, 0) is 29.7 Å². The van der Waals surface area contributed by atoms with Gasteiger partial charge < -0.3 is 14.0 Å². The van der Waals surface area contributed by atoms with Crippen LogP contribution >= 0.6 is 0 Å². The highest BCUT2D eigenvalue weighted by atomic mass is 16.6. The van der Waals surface area contributed by atoms with Crippen LogP contribution in [0.2, 0.25) is 0 Å². The van der Waals surface area contributed by atoms with E-state index in [1.54, 1.807) is 6.20 Å². The molecule has 0 radical (unpaired) electrons. The summed E-state index contributed by atoms with van der Waals surface area (Å²) in [7, 11) is 2.04. The van der Waals surface area contributed by atoms with Crippen molar-refractivity contribution in [3.8, 4) is 0 Å². The Morgan fingerprint density at radius 3 is 3.17 bits per heavy atom. The van der Waals surface area contributed by atoms with Crippen molar-refractivity contribution in [1.29, 1.82) is 0 Å². The molecule has 2 aromatic heterocycles. The zero-order valence-electron chi connectivity index (χ0n) is 14.1. The van der Waals surface area contributed by atoms with Crippen LogP contribution in [0, 0.1) is 0 Å². The standard InChI is InChI=1S/C18H24N4O2/c1-21-8-6-20-17(21)11-22-7-4-18(14-22)9-16(13-24-18)23-12-15-3-2-5-19-10-15/h2-3,5-6,8,10,16H,4,7,9,11-14H2,1H3/t16-,18-/m0/s1. The van der Waals surface area contributed by atoms with Crippen LogP contribution in [0.15, 0.2) is 36.9 Å². The Hall–Kier alpha value is -1.76. The van der Waals surface area contributed by atoms with E-state index in [9.17, 15) is 0 Å². The molecule has 2 saturated heterocycles. The lowest BCUT2D eigenvalue weighted by Gasteiger charge is -2.23. The fourth-order valence-corrected chi connectivity index (χ4v) is 3.70. The normalized spacial score (nSPS) is 27.3. The monoisotopic (exact) mass is 328 g/mol. The highest BCUT2D eigenvalue weighted by Crippen LogP contribution is 2.36. The van der Waals surface area contributed by atoms with Crippen molar-refractivity contribution in [2.24, 2.45) is 7.05 Å². The minimum absolute atomic E-state index is 0.0369. The molecule has 0 unspecified atom stereocenters. The van der Waals surface area contributed by atoms with Gasteiger partial charge in [0.2, 0.25) is 0 Å². The molecule has 4 rings (SSSR count). The number of aryl methyl sites for hydroxylation is 1. The Bertz CT molecular complexity index is 675. The summed E-state index contributed by atoms with van der Waals surface area (Å²) in [5.74, 6) is 1.11. The van der Waals surface area contributed by atoms with Gasteiger partial charge in [-0.1, -0.05) is 6.07 Å². The van der Waals surface area contributed by atoms with Crippen molar-refractivity contribution in [3.05, 3.63) is 48.3 Å². The van der Waals surface area contributed by atoms with Gasteiger partial charge in [0.25, 0.3) is 0 Å². The second-order valence-electron chi connectivity index (χ2n) is 6.91. The molecule has 2 aliphatic heterocycles. The number of pyridine rings is 1. The third kappa shape index (κ3) is 3.36. The second-order valence-corrected chi connectivity index (χ2v) is 6.91. The van der Waals surface area contributed by atoms with E-state index in [1.807, 2.05) is 37.8 Å². The Kier molecular flexibility index (Phi) is 4.35. The lowest BCUT2D eigenvalue weighted by atomic mass is 9.98. The Balaban J connectivity index is 1.29. The van der Waals surface area contributed by atoms with Gasteiger partial charge in [-0.05, 0) is 18.1 Å². The molecule has 2 atom stereocenters. The summed E-state index contributed by atoms with van der Waals surface area (Å²) >= 11 is 0. The fourth-order valence-electron chi connectivity index (χ4n) is 3.70. The molecule has 2 aliphatic rings. The molecule has 2 fully saturated rings. The van der Waals surface area contributed by atoms with Crippen molar-refractivity contribution in [2.75, 3.05) is 19.7 Å². The van der Waals surface area contributed by atoms with Gasteiger partial charge in [-0.15, -0.1) is 0 Å². The van der Waals surface area contributed by atoms with Gasteiger partial charge >= 0.3 is 0 Å². The predicted octanol–water partition coefficient (Wildman–Crippen LogP) is 1.77. The van der Waals surface area contributed by atoms with E-state index in [0.717, 1.165) is 43.9 Å². The van der Waals surface area contributed by atoms with E-state index >= 15 is 0 Å². The summed E-state index contributed by atoms with van der Waals surface area (Å²) in [5.41, 5.74) is 1.08. The molecule has 6 heteroatoms. The van der Waals surface area contributed by atoms with Crippen LogP contribution in [0.5, 0.6) is 0 Å². The minimum atomic E-state index is -0.0369. The summed E-state index contributed by atoms with van der Waals surface area (Å²) in [4.78, 5) is 11.0. The maximum atomic E-state index is 6.17. The average Bonchev–Trinajstić information content (AvgIpc) is 3.30. The first-order valence-corrected chi connectivity index (χ1v) is 8.55. The van der Waals surface area contributed by atoms with Gasteiger partial charge in [0.05, 0.1) is 31.5 Å². The molecule has 0 bridgehead atoms. The molecule has 0 saturated carbocycles. The maximum Gasteiger partial charge on any atom is 0.122 e. The summed E-state index contributed by atoms with van der Waals surface area (Å²) in [6, 6.07) is 3.99. The van der Waals surface area contributed by atoms with Crippen molar-refractivity contribution in [3.63, 3.8) is 0 Å². The molecule has 1 spiro atoms. The van der Waals surface area contributed by atoms with E-state index in [1.165, 1.54) is 0 Å². The third-order valence-electron chi connectivity index (χ3n) is 5.06. The first kappa shape index (κ1) is 15.7. The van der Waals surface area contributed by atoms with Gasteiger partial charge in [-0.3, -0.25) is 9.88 Å². The summed E-state index contributed by atoms with van der Waals surface area (Å²) in [6.07, 6.45) is 9.72. The quantitative estimate of drug-likeness (QED) is 0.837. The molecule has 0 aliphatic carbocycles. The number of hydrogen-bond acceptors (Lipinski definition) is 5. The molecular formula is C18H24N4O2. The van der Waals surface area contributed by atoms with Crippen molar-refractivity contribution in [1.82, 2.24) is 19.4 Å². The molecule has 24 heavy (non-hydrogen) atoms. The third-order valence-corrected chi connectivity index (χ3v) is 5.06. The SMILES string of the molecule is Cn1ccnc1CN1CC[C@]2(C[C@H](OCc3cccnc3)CO2)C1. The van der Waals surface area contributed by atoms with E-state index in [-0.39, 0.29) is 11.7 Å². The van der Waals surface area contributed by atoms with Gasteiger partial charge in [-0.25, -0.2) is 4.98 Å². The molecular weight excluding hydrogens is 304 g/mol. The molecule has 6 nitrogen and oxygen atoms in total. The van der Waals surface area contributed by atoms with E-state index in [0.29, 0.717) is 13.2 Å². The van der Waals surface area contributed by atoms with Crippen LogP contribution in [0.4, 0.5) is 0 Å². The maximum absolute atomic E-state index is 6.17. The second kappa shape index (κ2) is 6.63. The average molecular weight is 328 g/mol. The number of aromatic nitrogens is 3. The van der Waals surface area contributed by atoms with Gasteiger partial charge in [0.1, 0.15) is 5.82 Å². The zero-order valence-corrected chi connectivity index (χ0v) is 14.1. The minimum Gasteiger partial charge on any atom is -0.371 e. The number of rotatable bonds is 5. The van der Waals surface area contributed by atoms with Crippen molar-refractivity contribution in [2.45, 2.75) is 37.7 Å². The highest BCUT2D eigenvalue weighted by Gasteiger charge is 2.45. The zero-order chi connectivity index (χ0) is 16.4. The number of imidazole rings is 1. The number of nitrogens with zero attached hydrogens (tertiary/aromatic N) is 4. The fraction of sp³-hybridized carbons (Fsp3) is 0.556. The number of ether oxygens (including phenoxy) is 2. The Morgan fingerprint density at radius 2 is 2.38 bits per heavy atom. The van der Waals surface area contributed by atoms with Crippen LogP contribution in [-0.4, -0.2) is 50.8 Å². The molecule has 2 aromatic rings. The van der Waals surface area contributed by atoms with Crippen LogP contribution < -0.4 is 0 Å². The Labute approximate surface area is 142 Å². The van der Waals surface area contributed by atoms with Crippen molar-refractivity contribution < 1.29 is 9.47 Å². The summed E-state index contributed by atoms with van der Waals surface area (Å²) in [6.45, 7) is 4.20. The highest BCUT2D eigenvalue weighted by molar-refractivity contribution is 5.07. The first-order valence-electron chi connectivity index (χ1n) is 8.55. The van der Waals surface area contributed by atoms with Crippen molar-refractivity contribution >= 4 is 0 Å². The molecule has 0 aromatic carbocycles. The van der Waals surface area contributed by atoms with Crippen LogP contribution in [0.3, 0.4) is 0 Å². The predicted molar refractivity (Wildman–Crippen MR) is 89.2 cm³/mol. The lowest BCUT2D eigenvalue weighted by molar-refractivity contribution is -0.000585. The topological polar surface area (TPSA) is 52.4 Å². The lowest BCUT2D eigenvalue weighted by Crippen LogP contribution is -2.33. The van der Waals surface area contributed by atoms with E-state index in [2.05, 4.69) is 19.4 Å². The number of likely N-dealkylation sites (tertiary alicyclic amines) is 1. The molecule has 0 N–H and O–H groups in total. The molecule has 4 heterocycles. The van der Waals surface area contributed by atoms with Gasteiger partial charge in [0, 0.05) is 51.3 Å². The van der Waals surface area contributed by atoms with E-state index < -0.39 is 0 Å². The van der Waals surface area contributed by atoms with Gasteiger partial charge in [0.15, 0.2) is 0 Å².